The highest BCUT2D eigenvalue weighted by molar-refractivity contribution is 9.09. The minimum atomic E-state index is 0.495. The zero-order valence-corrected chi connectivity index (χ0v) is 11.0. The van der Waals surface area contributed by atoms with Crippen LogP contribution in [0.1, 0.15) is 12.5 Å². The topological polar surface area (TPSA) is 25.4 Å². The van der Waals surface area contributed by atoms with E-state index in [4.69, 9.17) is 4.74 Å². The molecule has 0 saturated heterocycles. The number of alkyl halides is 1. The van der Waals surface area contributed by atoms with Crippen molar-refractivity contribution in [3.63, 3.8) is 0 Å². The van der Waals surface area contributed by atoms with Crippen LogP contribution in [0.15, 0.2) is 18.3 Å². The second kappa shape index (κ2) is 6.08. The monoisotopic (exact) mass is 272 g/mol. The van der Waals surface area contributed by atoms with Crippen LogP contribution in [0.4, 0.5) is 0 Å². The fourth-order valence-electron chi connectivity index (χ4n) is 1.27. The molecule has 1 unspecified atom stereocenters. The molecular weight excluding hydrogens is 256 g/mol. The molecule has 1 rings (SSSR count). The van der Waals surface area contributed by atoms with Crippen LogP contribution in [-0.4, -0.2) is 35.4 Å². The van der Waals surface area contributed by atoms with Gasteiger partial charge < -0.3 is 4.74 Å². The largest absolute Gasteiger partial charge is 0.481 e. The maximum absolute atomic E-state index is 5.21. The molecule has 0 aromatic carbocycles. The second-order valence-electron chi connectivity index (χ2n) is 3.59. The lowest BCUT2D eigenvalue weighted by atomic mass is 10.2. The lowest BCUT2D eigenvalue weighted by Crippen LogP contribution is -2.29. The van der Waals surface area contributed by atoms with Crippen molar-refractivity contribution in [1.29, 1.82) is 0 Å². The highest BCUT2D eigenvalue weighted by atomic mass is 79.9. The van der Waals surface area contributed by atoms with Crippen LogP contribution < -0.4 is 4.74 Å². The zero-order chi connectivity index (χ0) is 11.3. The molecule has 1 atom stereocenters. The van der Waals surface area contributed by atoms with Gasteiger partial charge in [-0.25, -0.2) is 4.98 Å². The molecule has 4 heteroatoms. The SMILES string of the molecule is COc1ncccc1CN(C)C(C)CBr. The molecule has 0 spiro atoms. The molecule has 0 N–H and O–H groups in total. The molecule has 0 aliphatic rings. The Hall–Kier alpha value is -0.610. The van der Waals surface area contributed by atoms with Crippen molar-refractivity contribution in [3.05, 3.63) is 23.9 Å². The van der Waals surface area contributed by atoms with Crippen LogP contribution in [0.5, 0.6) is 5.88 Å². The standard InChI is InChI=1S/C11H17BrN2O/c1-9(7-12)14(2)8-10-5-4-6-13-11(10)15-3/h4-6,9H,7-8H2,1-3H3. The Morgan fingerprint density at radius 1 is 1.60 bits per heavy atom. The van der Waals surface area contributed by atoms with Gasteiger partial charge in [-0.3, -0.25) is 4.90 Å². The summed E-state index contributed by atoms with van der Waals surface area (Å²) < 4.78 is 5.21. The van der Waals surface area contributed by atoms with E-state index in [2.05, 4.69) is 39.8 Å². The number of methoxy groups -OCH3 is 1. The average molecular weight is 273 g/mol. The minimum Gasteiger partial charge on any atom is -0.481 e. The van der Waals surface area contributed by atoms with E-state index in [0.717, 1.165) is 17.4 Å². The summed E-state index contributed by atoms with van der Waals surface area (Å²) in [6.07, 6.45) is 1.75. The molecular formula is C11H17BrN2O. The molecule has 0 amide bonds. The number of pyridine rings is 1. The van der Waals surface area contributed by atoms with Crippen molar-refractivity contribution >= 4 is 15.9 Å². The van der Waals surface area contributed by atoms with E-state index in [9.17, 15) is 0 Å². The first-order chi connectivity index (χ1) is 7.19. The number of ether oxygens (including phenoxy) is 1. The minimum absolute atomic E-state index is 0.495. The van der Waals surface area contributed by atoms with Gasteiger partial charge in [0.2, 0.25) is 5.88 Å². The highest BCUT2D eigenvalue weighted by Crippen LogP contribution is 2.16. The lowest BCUT2D eigenvalue weighted by Gasteiger charge is -2.23. The Bertz CT molecular complexity index is 306. The van der Waals surface area contributed by atoms with Crippen LogP contribution >= 0.6 is 15.9 Å². The second-order valence-corrected chi connectivity index (χ2v) is 4.24. The average Bonchev–Trinajstić information content (AvgIpc) is 2.28. The van der Waals surface area contributed by atoms with Crippen LogP contribution in [0, 0.1) is 0 Å². The van der Waals surface area contributed by atoms with E-state index < -0.39 is 0 Å². The number of aromatic nitrogens is 1. The van der Waals surface area contributed by atoms with Gasteiger partial charge in [-0.05, 0) is 20.0 Å². The van der Waals surface area contributed by atoms with Gasteiger partial charge >= 0.3 is 0 Å². The molecule has 0 fully saturated rings. The summed E-state index contributed by atoms with van der Waals surface area (Å²) in [5, 5.41) is 0.964. The molecule has 15 heavy (non-hydrogen) atoms. The van der Waals surface area contributed by atoms with Gasteiger partial charge in [0.05, 0.1) is 7.11 Å². The highest BCUT2D eigenvalue weighted by Gasteiger charge is 2.11. The Balaban J connectivity index is 2.71. The zero-order valence-electron chi connectivity index (χ0n) is 9.40. The summed E-state index contributed by atoms with van der Waals surface area (Å²) in [5.74, 6) is 0.714. The number of hydrogen-bond donors (Lipinski definition) is 0. The molecule has 3 nitrogen and oxygen atoms in total. The molecule has 0 saturated carbocycles. The van der Waals surface area contributed by atoms with Gasteiger partial charge in [0.15, 0.2) is 0 Å². The third kappa shape index (κ3) is 3.47. The molecule has 1 aromatic heterocycles. The summed E-state index contributed by atoms with van der Waals surface area (Å²) in [7, 11) is 3.75. The number of nitrogens with zero attached hydrogens (tertiary/aromatic N) is 2. The van der Waals surface area contributed by atoms with Crippen molar-refractivity contribution in [3.8, 4) is 5.88 Å². The fourth-order valence-corrected chi connectivity index (χ4v) is 1.76. The Labute approximate surface area is 99.6 Å². The first-order valence-corrected chi connectivity index (χ1v) is 6.05. The van der Waals surface area contributed by atoms with Gasteiger partial charge in [-0.2, -0.15) is 0 Å². The van der Waals surface area contributed by atoms with Gasteiger partial charge in [-0.1, -0.05) is 22.0 Å². The third-order valence-electron chi connectivity index (χ3n) is 2.44. The normalized spacial score (nSPS) is 12.9. The van der Waals surface area contributed by atoms with Crippen LogP contribution in [0.3, 0.4) is 0 Å². The Morgan fingerprint density at radius 3 is 2.93 bits per heavy atom. The summed E-state index contributed by atoms with van der Waals surface area (Å²) in [6, 6.07) is 4.48. The summed E-state index contributed by atoms with van der Waals surface area (Å²) in [5.41, 5.74) is 1.12. The summed E-state index contributed by atoms with van der Waals surface area (Å²) >= 11 is 3.48. The summed E-state index contributed by atoms with van der Waals surface area (Å²) in [6.45, 7) is 3.03. The third-order valence-corrected chi connectivity index (χ3v) is 3.38. The summed E-state index contributed by atoms with van der Waals surface area (Å²) in [4.78, 5) is 6.43. The molecule has 84 valence electrons. The van der Waals surface area contributed by atoms with Crippen molar-refractivity contribution in [2.45, 2.75) is 19.5 Å². The van der Waals surface area contributed by atoms with Crippen LogP contribution in [0.2, 0.25) is 0 Å². The van der Waals surface area contributed by atoms with Gasteiger partial charge in [0.1, 0.15) is 0 Å². The number of hydrogen-bond acceptors (Lipinski definition) is 3. The smallest absolute Gasteiger partial charge is 0.217 e. The maximum Gasteiger partial charge on any atom is 0.217 e. The van der Waals surface area contributed by atoms with Gasteiger partial charge in [0, 0.05) is 29.7 Å². The predicted octanol–water partition coefficient (Wildman–Crippen LogP) is 2.31. The fraction of sp³-hybridized carbons (Fsp3) is 0.545. The Morgan fingerprint density at radius 2 is 2.33 bits per heavy atom. The van der Waals surface area contributed by atoms with Gasteiger partial charge in [-0.15, -0.1) is 0 Å². The van der Waals surface area contributed by atoms with E-state index in [1.807, 2.05) is 12.1 Å². The van der Waals surface area contributed by atoms with Crippen molar-refractivity contribution < 1.29 is 4.74 Å². The van der Waals surface area contributed by atoms with Gasteiger partial charge in [0.25, 0.3) is 0 Å². The van der Waals surface area contributed by atoms with Crippen molar-refractivity contribution in [2.75, 3.05) is 19.5 Å². The molecule has 1 aromatic rings. The molecule has 0 bridgehead atoms. The van der Waals surface area contributed by atoms with E-state index in [1.54, 1.807) is 13.3 Å². The van der Waals surface area contributed by atoms with Crippen molar-refractivity contribution in [2.24, 2.45) is 0 Å². The quantitative estimate of drug-likeness (QED) is 0.770. The van der Waals surface area contributed by atoms with E-state index in [0.29, 0.717) is 11.9 Å². The number of halogens is 1. The molecule has 0 radical (unpaired) electrons. The lowest BCUT2D eigenvalue weighted by molar-refractivity contribution is 0.264. The van der Waals surface area contributed by atoms with E-state index >= 15 is 0 Å². The maximum atomic E-state index is 5.21. The molecule has 0 aliphatic carbocycles. The Kier molecular flexibility index (Phi) is 5.05. The van der Waals surface area contributed by atoms with E-state index in [1.165, 1.54) is 0 Å². The van der Waals surface area contributed by atoms with Crippen molar-refractivity contribution in [1.82, 2.24) is 9.88 Å². The first kappa shape index (κ1) is 12.5. The van der Waals surface area contributed by atoms with Crippen LogP contribution in [-0.2, 0) is 6.54 Å². The molecule has 0 aliphatic heterocycles. The van der Waals surface area contributed by atoms with E-state index in [-0.39, 0.29) is 0 Å². The van der Waals surface area contributed by atoms with Crippen LogP contribution in [0.25, 0.3) is 0 Å². The first-order valence-electron chi connectivity index (χ1n) is 4.93. The number of rotatable bonds is 5. The molecule has 1 heterocycles. The predicted molar refractivity (Wildman–Crippen MR) is 65.5 cm³/mol.